The minimum absolute atomic E-state index is 0.931. The Balaban J connectivity index is 3.88. The van der Waals surface area contributed by atoms with E-state index in [1.54, 1.807) is 0 Å². The molecule has 0 aromatic heterocycles. The molecule has 0 fully saturated rings. The Morgan fingerprint density at radius 2 is 1.67 bits per heavy atom. The summed E-state index contributed by atoms with van der Waals surface area (Å²) in [6.07, 6.45) is 0. The average Bonchev–Trinajstić information content (AvgIpc) is 1.62. The van der Waals surface area contributed by atoms with Crippen LogP contribution in [0.4, 0.5) is 12.9 Å². The molecule has 2 nitrogen and oxygen atoms in total. The van der Waals surface area contributed by atoms with E-state index in [1.807, 2.05) is 0 Å². The van der Waals surface area contributed by atoms with Crippen molar-refractivity contribution in [2.24, 2.45) is 5.73 Å². The maximum absolute atomic E-state index is 11.6. The SMILES string of the molecule is CN(C)C(N)[B-](F)(F)F. The highest BCUT2D eigenvalue weighted by Gasteiger charge is 2.33. The number of nitrogens with zero attached hydrogens (tertiary/aromatic N) is 1. The van der Waals surface area contributed by atoms with Gasteiger partial charge in [0.1, 0.15) is 0 Å². The Morgan fingerprint density at radius 3 is 1.67 bits per heavy atom. The zero-order valence-electron chi connectivity index (χ0n) is 5.31. The fraction of sp³-hybridized carbons (Fsp3) is 1.00. The minimum atomic E-state index is -4.90. The first kappa shape index (κ1) is 8.77. The van der Waals surface area contributed by atoms with E-state index < -0.39 is 13.0 Å². The Labute approximate surface area is 51.9 Å². The van der Waals surface area contributed by atoms with Crippen molar-refractivity contribution in [2.75, 3.05) is 14.1 Å². The molecule has 9 heavy (non-hydrogen) atoms. The van der Waals surface area contributed by atoms with Gasteiger partial charge in [-0.1, -0.05) is 0 Å². The van der Waals surface area contributed by atoms with E-state index in [2.05, 4.69) is 0 Å². The van der Waals surface area contributed by atoms with Crippen LogP contribution in [0, 0.1) is 0 Å². The molecule has 0 aliphatic rings. The number of hydrogen-bond donors (Lipinski definition) is 1. The quantitative estimate of drug-likeness (QED) is 0.440. The molecule has 0 heterocycles. The third-order valence-corrected chi connectivity index (χ3v) is 0.984. The summed E-state index contributed by atoms with van der Waals surface area (Å²) >= 11 is 0. The second-order valence-corrected chi connectivity index (χ2v) is 2.08. The van der Waals surface area contributed by atoms with Crippen LogP contribution in [0.1, 0.15) is 0 Å². The van der Waals surface area contributed by atoms with Crippen LogP contribution in [0.3, 0.4) is 0 Å². The van der Waals surface area contributed by atoms with E-state index in [0.717, 1.165) is 4.90 Å². The van der Waals surface area contributed by atoms with Gasteiger partial charge in [-0.2, -0.15) is 0 Å². The molecule has 0 aliphatic carbocycles. The zero-order chi connectivity index (χ0) is 7.65. The van der Waals surface area contributed by atoms with Crippen molar-refractivity contribution in [3.05, 3.63) is 0 Å². The molecule has 6 heteroatoms. The summed E-state index contributed by atoms with van der Waals surface area (Å²) in [4.78, 5) is 0.931. The maximum atomic E-state index is 11.6. The lowest BCUT2D eigenvalue weighted by atomic mass is 9.86. The van der Waals surface area contributed by atoms with Crippen molar-refractivity contribution < 1.29 is 12.9 Å². The highest BCUT2D eigenvalue weighted by molar-refractivity contribution is 6.60. The van der Waals surface area contributed by atoms with Crippen molar-refractivity contribution in [3.8, 4) is 0 Å². The Kier molecular flexibility index (Phi) is 2.51. The number of hydrogen-bond acceptors (Lipinski definition) is 2. The first-order chi connectivity index (χ1) is 3.85. The van der Waals surface area contributed by atoms with Crippen molar-refractivity contribution in [1.29, 1.82) is 0 Å². The molecule has 56 valence electrons. The highest BCUT2D eigenvalue weighted by atomic mass is 19.4. The lowest BCUT2D eigenvalue weighted by molar-refractivity contribution is 0.295. The fourth-order valence-electron chi connectivity index (χ4n) is 0.338. The van der Waals surface area contributed by atoms with Gasteiger partial charge >= 0.3 is 6.98 Å². The predicted molar refractivity (Wildman–Crippen MR) is 30.7 cm³/mol. The molecule has 0 aliphatic heterocycles. The van der Waals surface area contributed by atoms with E-state index in [1.165, 1.54) is 14.1 Å². The average molecular weight is 141 g/mol. The van der Waals surface area contributed by atoms with Gasteiger partial charge in [0.25, 0.3) is 0 Å². The monoisotopic (exact) mass is 141 g/mol. The molecule has 0 aromatic rings. The molecule has 1 atom stereocenters. The standard InChI is InChI=1S/C3H9BF3N2/c1-9(2)3(8)4(5,6)7/h3H,8H2,1-2H3/q-1. The molecule has 0 saturated carbocycles. The second-order valence-electron chi connectivity index (χ2n) is 2.08. The van der Waals surface area contributed by atoms with Gasteiger partial charge in [-0.05, 0) is 14.1 Å². The molecule has 0 bridgehead atoms. The predicted octanol–water partition coefficient (Wildman–Crippen LogP) is 0.219. The van der Waals surface area contributed by atoms with Crippen molar-refractivity contribution >= 4 is 6.98 Å². The van der Waals surface area contributed by atoms with Crippen LogP contribution in [-0.2, 0) is 0 Å². The normalized spacial score (nSPS) is 16.3. The van der Waals surface area contributed by atoms with Crippen molar-refractivity contribution in [2.45, 2.75) is 6.07 Å². The first-order valence-corrected chi connectivity index (χ1v) is 2.47. The van der Waals surface area contributed by atoms with Crippen molar-refractivity contribution in [1.82, 2.24) is 4.90 Å². The zero-order valence-corrected chi connectivity index (χ0v) is 5.31. The van der Waals surface area contributed by atoms with Crippen LogP contribution < -0.4 is 5.73 Å². The highest BCUT2D eigenvalue weighted by Crippen LogP contribution is 2.12. The van der Waals surface area contributed by atoms with Crippen LogP contribution in [0.2, 0.25) is 0 Å². The van der Waals surface area contributed by atoms with Crippen LogP contribution >= 0.6 is 0 Å². The lowest BCUT2D eigenvalue weighted by Gasteiger charge is -2.28. The first-order valence-electron chi connectivity index (χ1n) is 2.47. The van der Waals surface area contributed by atoms with E-state index in [-0.39, 0.29) is 0 Å². The largest absolute Gasteiger partial charge is 0.508 e. The molecule has 0 amide bonds. The van der Waals surface area contributed by atoms with Gasteiger partial charge in [-0.3, -0.25) is 0 Å². The van der Waals surface area contributed by atoms with Crippen LogP contribution in [0.15, 0.2) is 0 Å². The minimum Gasteiger partial charge on any atom is -0.447 e. The molecular weight excluding hydrogens is 132 g/mol. The smallest absolute Gasteiger partial charge is 0.447 e. The van der Waals surface area contributed by atoms with Crippen molar-refractivity contribution in [3.63, 3.8) is 0 Å². The summed E-state index contributed by atoms with van der Waals surface area (Å²) in [5, 5.41) is 0. The van der Waals surface area contributed by atoms with Gasteiger partial charge in [0.15, 0.2) is 0 Å². The lowest BCUT2D eigenvalue weighted by Crippen LogP contribution is -2.52. The van der Waals surface area contributed by atoms with E-state index in [4.69, 9.17) is 5.73 Å². The van der Waals surface area contributed by atoms with E-state index >= 15 is 0 Å². The summed E-state index contributed by atoms with van der Waals surface area (Å²) in [6.45, 7) is -4.90. The fourth-order valence-corrected chi connectivity index (χ4v) is 0.338. The summed E-state index contributed by atoms with van der Waals surface area (Å²) in [6, 6.07) is -1.79. The molecule has 0 rings (SSSR count). The number of halogens is 3. The van der Waals surface area contributed by atoms with E-state index in [9.17, 15) is 12.9 Å². The third kappa shape index (κ3) is 2.71. The summed E-state index contributed by atoms with van der Waals surface area (Å²) in [7, 11) is 2.58. The maximum Gasteiger partial charge on any atom is 0.508 e. The number of rotatable bonds is 2. The second kappa shape index (κ2) is 2.57. The van der Waals surface area contributed by atoms with Gasteiger partial charge in [-0.15, -0.1) is 0 Å². The Morgan fingerprint density at radius 1 is 1.33 bits per heavy atom. The van der Waals surface area contributed by atoms with Crippen LogP contribution in [-0.4, -0.2) is 32.0 Å². The van der Waals surface area contributed by atoms with Gasteiger partial charge < -0.3 is 23.6 Å². The summed E-state index contributed by atoms with van der Waals surface area (Å²) < 4.78 is 34.8. The third-order valence-electron chi connectivity index (χ3n) is 0.984. The molecule has 0 spiro atoms. The topological polar surface area (TPSA) is 29.3 Å². The molecule has 0 radical (unpaired) electrons. The van der Waals surface area contributed by atoms with Gasteiger partial charge in [0, 0.05) is 6.07 Å². The Hall–Kier alpha value is -0.225. The summed E-state index contributed by atoms with van der Waals surface area (Å²) in [5.41, 5.74) is 4.72. The number of nitrogens with two attached hydrogens (primary N) is 1. The van der Waals surface area contributed by atoms with Gasteiger partial charge in [0.2, 0.25) is 0 Å². The Bertz CT molecular complexity index is 91.5. The molecule has 1 unspecified atom stereocenters. The van der Waals surface area contributed by atoms with Crippen LogP contribution in [0.25, 0.3) is 0 Å². The van der Waals surface area contributed by atoms with Crippen LogP contribution in [0.5, 0.6) is 0 Å². The van der Waals surface area contributed by atoms with Gasteiger partial charge in [-0.25, -0.2) is 0 Å². The van der Waals surface area contributed by atoms with E-state index in [0.29, 0.717) is 0 Å². The molecule has 0 saturated heterocycles. The molecular formula is C3H9BF3N2-. The van der Waals surface area contributed by atoms with Gasteiger partial charge in [0.05, 0.1) is 0 Å². The summed E-state index contributed by atoms with van der Waals surface area (Å²) in [5.74, 6) is 0. The molecule has 2 N–H and O–H groups in total. The molecule has 0 aromatic carbocycles.